The number of benzene rings is 1. The number of hydrogen-bond acceptors (Lipinski definition) is 4. The smallest absolute Gasteiger partial charge is 0.313 e. The molecule has 0 aromatic heterocycles. The molecule has 1 aromatic carbocycles. The molecule has 0 radical (unpaired) electrons. The van der Waals surface area contributed by atoms with Crippen LogP contribution in [-0.2, 0) is 20.9 Å². The molecule has 1 aliphatic heterocycles. The van der Waals surface area contributed by atoms with E-state index in [1.165, 1.54) is 0 Å². The third kappa shape index (κ3) is 4.77. The van der Waals surface area contributed by atoms with Gasteiger partial charge in [-0.1, -0.05) is 12.1 Å². The van der Waals surface area contributed by atoms with E-state index in [0.29, 0.717) is 13.0 Å². The summed E-state index contributed by atoms with van der Waals surface area (Å²) in [5.41, 5.74) is 1.82. The Hall–Kier alpha value is -2.02. The van der Waals surface area contributed by atoms with Gasteiger partial charge in [-0.25, -0.2) is 0 Å². The van der Waals surface area contributed by atoms with Gasteiger partial charge in [0.1, 0.15) is 0 Å². The van der Waals surface area contributed by atoms with Crippen LogP contribution < -0.4 is 10.2 Å². The summed E-state index contributed by atoms with van der Waals surface area (Å²) in [5.74, 6) is -0.912. The Labute approximate surface area is 132 Å². The van der Waals surface area contributed by atoms with Crippen LogP contribution in [0, 0.1) is 0 Å². The molecule has 0 aliphatic carbocycles. The van der Waals surface area contributed by atoms with E-state index in [2.05, 4.69) is 5.32 Å². The molecular formula is C15H18N2O4S. The lowest BCUT2D eigenvalue weighted by atomic mass is 10.2. The van der Waals surface area contributed by atoms with Crippen molar-refractivity contribution < 1.29 is 19.5 Å². The lowest BCUT2D eigenvalue weighted by Gasteiger charge is -2.16. The third-order valence-electron chi connectivity index (χ3n) is 3.27. The molecule has 2 N–H and O–H groups in total. The summed E-state index contributed by atoms with van der Waals surface area (Å²) < 4.78 is 0. The molecule has 0 unspecified atom stereocenters. The van der Waals surface area contributed by atoms with Crippen molar-refractivity contribution in [1.29, 1.82) is 0 Å². The van der Waals surface area contributed by atoms with Crippen LogP contribution in [0.25, 0.3) is 0 Å². The van der Waals surface area contributed by atoms with Gasteiger partial charge in [-0.05, 0) is 24.1 Å². The zero-order chi connectivity index (χ0) is 15.9. The Kier molecular flexibility index (Phi) is 5.83. The first-order chi connectivity index (χ1) is 10.6. The van der Waals surface area contributed by atoms with Crippen LogP contribution in [0.4, 0.5) is 5.69 Å². The number of amides is 2. The van der Waals surface area contributed by atoms with Crippen molar-refractivity contribution in [3.05, 3.63) is 29.8 Å². The number of carboxylic acid groups (broad SMARTS) is 1. The first kappa shape index (κ1) is 16.4. The van der Waals surface area contributed by atoms with Crippen molar-refractivity contribution in [1.82, 2.24) is 5.32 Å². The molecule has 2 rings (SSSR count). The number of hydrogen-bond donors (Lipinski definition) is 2. The molecule has 118 valence electrons. The number of carbonyl (C=O) groups is 3. The average Bonchev–Trinajstić information content (AvgIpc) is 2.91. The SMILES string of the molecule is O=C(O)CSCC(=O)NCc1ccc(N2CCCC2=O)cc1. The van der Waals surface area contributed by atoms with Gasteiger partial charge in [0.05, 0.1) is 11.5 Å². The predicted octanol–water partition coefficient (Wildman–Crippen LogP) is 1.25. The molecule has 1 saturated heterocycles. The molecular weight excluding hydrogens is 304 g/mol. The van der Waals surface area contributed by atoms with Gasteiger partial charge in [0.25, 0.3) is 0 Å². The molecule has 0 saturated carbocycles. The molecule has 22 heavy (non-hydrogen) atoms. The minimum Gasteiger partial charge on any atom is -0.481 e. The largest absolute Gasteiger partial charge is 0.481 e. The molecule has 1 aliphatic rings. The second kappa shape index (κ2) is 7.84. The number of nitrogens with one attached hydrogen (secondary N) is 1. The number of anilines is 1. The van der Waals surface area contributed by atoms with Crippen LogP contribution in [-0.4, -0.2) is 40.9 Å². The van der Waals surface area contributed by atoms with Crippen molar-refractivity contribution >= 4 is 35.2 Å². The van der Waals surface area contributed by atoms with Gasteiger partial charge in [0, 0.05) is 25.2 Å². The first-order valence-electron chi connectivity index (χ1n) is 7.02. The van der Waals surface area contributed by atoms with Gasteiger partial charge < -0.3 is 15.3 Å². The molecule has 0 atom stereocenters. The number of nitrogens with zero attached hydrogens (tertiary/aromatic N) is 1. The Morgan fingerprint density at radius 1 is 1.23 bits per heavy atom. The summed E-state index contributed by atoms with van der Waals surface area (Å²) >= 11 is 1.07. The molecule has 1 fully saturated rings. The standard InChI is InChI=1S/C15H18N2O4S/c18-13(9-22-10-15(20)21)16-8-11-3-5-12(6-4-11)17-7-1-2-14(17)19/h3-6H,1-2,7-10H2,(H,16,18)(H,20,21). The molecule has 1 aromatic rings. The molecule has 1 heterocycles. The van der Waals surface area contributed by atoms with Crippen LogP contribution in [0.5, 0.6) is 0 Å². The van der Waals surface area contributed by atoms with E-state index in [1.807, 2.05) is 24.3 Å². The summed E-state index contributed by atoms with van der Waals surface area (Å²) in [6.07, 6.45) is 1.50. The van der Waals surface area contributed by atoms with Crippen LogP contribution in [0.2, 0.25) is 0 Å². The van der Waals surface area contributed by atoms with Crippen molar-refractivity contribution in [2.75, 3.05) is 23.0 Å². The highest BCUT2D eigenvalue weighted by Crippen LogP contribution is 2.21. The highest BCUT2D eigenvalue weighted by Gasteiger charge is 2.21. The van der Waals surface area contributed by atoms with Crippen LogP contribution in [0.3, 0.4) is 0 Å². The zero-order valence-electron chi connectivity index (χ0n) is 12.1. The Bertz CT molecular complexity index is 559. The Balaban J connectivity index is 1.78. The van der Waals surface area contributed by atoms with E-state index in [9.17, 15) is 14.4 Å². The highest BCUT2D eigenvalue weighted by molar-refractivity contribution is 8.00. The maximum absolute atomic E-state index is 11.6. The van der Waals surface area contributed by atoms with E-state index < -0.39 is 5.97 Å². The summed E-state index contributed by atoms with van der Waals surface area (Å²) in [6.45, 7) is 1.15. The second-order valence-corrected chi connectivity index (χ2v) is 5.96. The van der Waals surface area contributed by atoms with Gasteiger partial charge in [0.2, 0.25) is 11.8 Å². The summed E-state index contributed by atoms with van der Waals surface area (Å²) in [5, 5.41) is 11.2. The zero-order valence-corrected chi connectivity index (χ0v) is 12.9. The fourth-order valence-corrected chi connectivity index (χ4v) is 2.76. The maximum atomic E-state index is 11.6. The summed E-state index contributed by atoms with van der Waals surface area (Å²) in [7, 11) is 0. The highest BCUT2D eigenvalue weighted by atomic mass is 32.2. The normalized spacial score (nSPS) is 14.2. The van der Waals surface area contributed by atoms with Crippen molar-refractivity contribution in [3.8, 4) is 0 Å². The number of carboxylic acids is 1. The van der Waals surface area contributed by atoms with Crippen LogP contribution in [0.1, 0.15) is 18.4 Å². The molecule has 7 heteroatoms. The molecule has 0 bridgehead atoms. The summed E-state index contributed by atoms with van der Waals surface area (Å²) in [6, 6.07) is 7.52. The number of thioether (sulfide) groups is 1. The Morgan fingerprint density at radius 3 is 2.55 bits per heavy atom. The minimum atomic E-state index is -0.926. The predicted molar refractivity (Wildman–Crippen MR) is 84.8 cm³/mol. The number of aliphatic carboxylic acids is 1. The van der Waals surface area contributed by atoms with E-state index in [0.717, 1.165) is 36.0 Å². The van der Waals surface area contributed by atoms with E-state index in [4.69, 9.17) is 5.11 Å². The second-order valence-electron chi connectivity index (χ2n) is 4.98. The lowest BCUT2D eigenvalue weighted by Crippen LogP contribution is -2.25. The number of rotatable bonds is 7. The van der Waals surface area contributed by atoms with Crippen LogP contribution in [0.15, 0.2) is 24.3 Å². The first-order valence-corrected chi connectivity index (χ1v) is 8.17. The van der Waals surface area contributed by atoms with Gasteiger partial charge >= 0.3 is 5.97 Å². The third-order valence-corrected chi connectivity index (χ3v) is 4.19. The quantitative estimate of drug-likeness (QED) is 0.789. The fraction of sp³-hybridized carbons (Fsp3) is 0.400. The maximum Gasteiger partial charge on any atom is 0.313 e. The molecule has 6 nitrogen and oxygen atoms in total. The van der Waals surface area contributed by atoms with Crippen LogP contribution >= 0.6 is 11.8 Å². The number of carbonyl (C=O) groups excluding carboxylic acids is 2. The molecule has 0 spiro atoms. The van der Waals surface area contributed by atoms with E-state index in [-0.39, 0.29) is 23.3 Å². The van der Waals surface area contributed by atoms with Gasteiger partial charge in [-0.3, -0.25) is 14.4 Å². The lowest BCUT2D eigenvalue weighted by molar-refractivity contribution is -0.133. The minimum absolute atomic E-state index is 0.0774. The average molecular weight is 322 g/mol. The molecule has 2 amide bonds. The van der Waals surface area contributed by atoms with Gasteiger partial charge in [0.15, 0.2) is 0 Å². The summed E-state index contributed by atoms with van der Waals surface area (Å²) in [4.78, 5) is 35.3. The topological polar surface area (TPSA) is 86.7 Å². The van der Waals surface area contributed by atoms with Gasteiger partial charge in [-0.15, -0.1) is 11.8 Å². The fourth-order valence-electron chi connectivity index (χ4n) is 2.20. The van der Waals surface area contributed by atoms with E-state index in [1.54, 1.807) is 4.90 Å². The van der Waals surface area contributed by atoms with Crippen molar-refractivity contribution in [3.63, 3.8) is 0 Å². The van der Waals surface area contributed by atoms with Gasteiger partial charge in [-0.2, -0.15) is 0 Å². The van der Waals surface area contributed by atoms with E-state index >= 15 is 0 Å². The Morgan fingerprint density at radius 2 is 1.95 bits per heavy atom. The van der Waals surface area contributed by atoms with Crippen molar-refractivity contribution in [2.45, 2.75) is 19.4 Å². The monoisotopic (exact) mass is 322 g/mol. The van der Waals surface area contributed by atoms with Crippen molar-refractivity contribution in [2.24, 2.45) is 0 Å².